The maximum Gasteiger partial charge on any atom is 0.308 e. The van der Waals surface area contributed by atoms with Crippen LogP contribution in [0.4, 0.5) is 0 Å². The van der Waals surface area contributed by atoms with Gasteiger partial charge < -0.3 is 78.2 Å². The molecule has 4 heterocycles. The molecule has 0 aliphatic carbocycles. The Bertz CT molecular complexity index is 1540. The number of hydrogen-bond acceptors (Lipinski definition) is 18. The third-order valence-electron chi connectivity index (χ3n) is 13.2. The van der Waals surface area contributed by atoms with Gasteiger partial charge in [0.05, 0.1) is 55.2 Å². The first-order valence-corrected chi connectivity index (χ1v) is 22.3. The molecule has 4 aliphatic heterocycles. The SMILES string of the molecule is CCC1OC(=O)C[C@@H](O)[C@H](C)C(O[C@@H]2O[C@H](C)[C@@H](O[C@H]3C[C@@](C)(O)[C@@H](O)[C@H](C)O3)[C@H](N(C)C)[C@H]2O)[C@@H](CC=O)C[C@@H](C)C(=O)/C=C\C(C)=C\[C@@H]1CO[C@@H]1O[C@H](C)[C@@H](O)[C@@H](O)[C@H]1OC. The molecule has 63 heavy (non-hydrogen) atoms. The molecule has 0 amide bonds. The average Bonchev–Trinajstić information content (AvgIpc) is 3.21. The molecule has 3 saturated heterocycles. The number of aliphatic hydroxyl groups excluding tert-OH is 5. The number of carbonyl (C=O) groups excluding carboxylic acids is 3. The van der Waals surface area contributed by atoms with Gasteiger partial charge in [-0.05, 0) is 73.5 Å². The molecule has 21 atom stereocenters. The van der Waals surface area contributed by atoms with Crippen molar-refractivity contribution in [2.24, 2.45) is 23.7 Å². The van der Waals surface area contributed by atoms with E-state index in [1.54, 1.807) is 66.6 Å². The van der Waals surface area contributed by atoms with Crippen molar-refractivity contribution < 1.29 is 82.9 Å². The van der Waals surface area contributed by atoms with Crippen molar-refractivity contribution in [1.82, 2.24) is 4.90 Å². The summed E-state index contributed by atoms with van der Waals surface area (Å²) in [5.74, 6) is -3.70. The minimum Gasteiger partial charge on any atom is -0.462 e. The number of likely N-dealkylation sites (N-methyl/N-ethyl adjacent to an activating group) is 1. The standard InChI is InChI=1S/C45H75NO17/c1-12-32-29(21-57-44-41(56-11)38(53)36(51)25(5)59-44)17-22(2)13-14-30(48)23(3)18-28(15-16-47)39(24(4)31(49)19-33(50)61-32)63-43-37(52)35(46(9)10)40(26(6)60-43)62-34-20-45(8,55)42(54)27(7)58-34/h13-14,16-17,23-29,31-32,34-44,49,51-55H,12,15,18-21H2,1-11H3/b14-13-,22-17+/t23-,24+,25-,26-,27+,28+,29-,31-,32?,34+,35-,36-,37-,38-,39?,40-,41-,42+,43+,44-,45-/m1/s1. The molecule has 6 N–H and O–H groups in total. The number of cyclic esters (lactones) is 1. The van der Waals surface area contributed by atoms with Crippen LogP contribution in [0.1, 0.15) is 87.5 Å². The molecule has 0 aromatic carbocycles. The quantitative estimate of drug-likeness (QED) is 0.119. The lowest BCUT2D eigenvalue weighted by Gasteiger charge is -2.50. The number of methoxy groups -OCH3 is 1. The smallest absolute Gasteiger partial charge is 0.308 e. The molecule has 0 radical (unpaired) electrons. The normalized spacial score (nSPS) is 46.5. The van der Waals surface area contributed by atoms with E-state index in [-0.39, 0.29) is 31.7 Å². The number of carbonyl (C=O) groups is 3. The molecule has 4 rings (SSSR count). The van der Waals surface area contributed by atoms with Crippen LogP contribution in [0.3, 0.4) is 0 Å². The zero-order valence-electron chi connectivity index (χ0n) is 38.7. The highest BCUT2D eigenvalue weighted by atomic mass is 16.7. The molecule has 0 saturated carbocycles. The zero-order valence-corrected chi connectivity index (χ0v) is 38.7. The highest BCUT2D eigenvalue weighted by Crippen LogP contribution is 2.37. The molecule has 18 nitrogen and oxygen atoms in total. The molecule has 2 unspecified atom stereocenters. The van der Waals surface area contributed by atoms with Gasteiger partial charge >= 0.3 is 5.97 Å². The van der Waals surface area contributed by atoms with E-state index in [0.717, 1.165) is 0 Å². The summed E-state index contributed by atoms with van der Waals surface area (Å²) in [5, 5.41) is 66.0. The van der Waals surface area contributed by atoms with Gasteiger partial charge in [-0.3, -0.25) is 9.59 Å². The molecule has 0 bridgehead atoms. The predicted octanol–water partition coefficient (Wildman–Crippen LogP) is 1.18. The van der Waals surface area contributed by atoms with Crippen LogP contribution in [0.25, 0.3) is 0 Å². The summed E-state index contributed by atoms with van der Waals surface area (Å²) in [6, 6.07) is -0.754. The third kappa shape index (κ3) is 13.4. The van der Waals surface area contributed by atoms with Crippen LogP contribution in [0.2, 0.25) is 0 Å². The molecule has 18 heteroatoms. The molecule has 0 aromatic heterocycles. The van der Waals surface area contributed by atoms with Crippen LogP contribution >= 0.6 is 0 Å². The van der Waals surface area contributed by atoms with Gasteiger partial charge in [-0.1, -0.05) is 38.5 Å². The summed E-state index contributed by atoms with van der Waals surface area (Å²) in [6.07, 6.45) is -10.0. The zero-order chi connectivity index (χ0) is 47.1. The fourth-order valence-corrected chi connectivity index (χ4v) is 9.26. The van der Waals surface area contributed by atoms with Crippen molar-refractivity contribution in [3.05, 3.63) is 23.8 Å². The Kier molecular flexibility index (Phi) is 19.9. The Morgan fingerprint density at radius 2 is 1.54 bits per heavy atom. The second-order valence-corrected chi connectivity index (χ2v) is 18.5. The lowest BCUT2D eigenvalue weighted by Crippen LogP contribution is -2.65. The predicted molar refractivity (Wildman–Crippen MR) is 226 cm³/mol. The number of ketones is 1. The van der Waals surface area contributed by atoms with Gasteiger partial charge in [-0.15, -0.1) is 0 Å². The Hall–Kier alpha value is -2.27. The molecule has 362 valence electrons. The lowest BCUT2D eigenvalue weighted by molar-refractivity contribution is -0.341. The van der Waals surface area contributed by atoms with Gasteiger partial charge in [0.2, 0.25) is 0 Å². The van der Waals surface area contributed by atoms with Crippen molar-refractivity contribution in [2.75, 3.05) is 27.8 Å². The van der Waals surface area contributed by atoms with Crippen LogP contribution in [0.15, 0.2) is 23.8 Å². The highest BCUT2D eigenvalue weighted by molar-refractivity contribution is 5.91. The molecule has 0 aromatic rings. The molecule has 3 fully saturated rings. The van der Waals surface area contributed by atoms with Crippen LogP contribution in [-0.4, -0.2) is 185 Å². The van der Waals surface area contributed by atoms with E-state index in [1.807, 2.05) is 13.0 Å². The van der Waals surface area contributed by atoms with E-state index in [0.29, 0.717) is 18.3 Å². The van der Waals surface area contributed by atoms with Gasteiger partial charge in [-0.25, -0.2) is 0 Å². The van der Waals surface area contributed by atoms with Crippen molar-refractivity contribution in [1.29, 1.82) is 0 Å². The number of ether oxygens (including phenoxy) is 8. The van der Waals surface area contributed by atoms with Gasteiger partial charge in [0, 0.05) is 37.7 Å². The third-order valence-corrected chi connectivity index (χ3v) is 13.2. The summed E-state index contributed by atoms with van der Waals surface area (Å²) in [4.78, 5) is 41.4. The van der Waals surface area contributed by atoms with E-state index in [2.05, 4.69) is 0 Å². The van der Waals surface area contributed by atoms with Crippen LogP contribution in [-0.2, 0) is 52.3 Å². The topological polar surface area (TPSA) is 250 Å². The molecular weight excluding hydrogens is 826 g/mol. The minimum absolute atomic E-state index is 0.0407. The van der Waals surface area contributed by atoms with E-state index in [1.165, 1.54) is 20.1 Å². The second-order valence-electron chi connectivity index (χ2n) is 18.5. The number of aldehydes is 1. The Morgan fingerprint density at radius 1 is 0.873 bits per heavy atom. The summed E-state index contributed by atoms with van der Waals surface area (Å²) in [6.45, 7) is 13.4. The Morgan fingerprint density at radius 3 is 2.14 bits per heavy atom. The van der Waals surface area contributed by atoms with Crippen molar-refractivity contribution in [3.63, 3.8) is 0 Å². The number of hydrogen-bond donors (Lipinski definition) is 6. The van der Waals surface area contributed by atoms with Gasteiger partial charge in [0.15, 0.2) is 24.7 Å². The number of allylic oxidation sites excluding steroid dienone is 3. The monoisotopic (exact) mass is 902 g/mol. The van der Waals surface area contributed by atoms with E-state index < -0.39 is 140 Å². The first kappa shape index (κ1) is 53.3. The maximum absolute atomic E-state index is 13.7. The van der Waals surface area contributed by atoms with Gasteiger partial charge in [0.1, 0.15) is 49.0 Å². The van der Waals surface area contributed by atoms with Crippen LogP contribution in [0.5, 0.6) is 0 Å². The minimum atomic E-state index is -1.49. The first-order chi connectivity index (χ1) is 29.5. The van der Waals surface area contributed by atoms with E-state index >= 15 is 0 Å². The van der Waals surface area contributed by atoms with Crippen molar-refractivity contribution in [2.45, 2.75) is 191 Å². The van der Waals surface area contributed by atoms with Crippen LogP contribution in [0, 0.1) is 23.7 Å². The number of rotatable bonds is 12. The maximum atomic E-state index is 13.7. The number of esters is 1. The van der Waals surface area contributed by atoms with Gasteiger partial charge in [0.25, 0.3) is 0 Å². The highest BCUT2D eigenvalue weighted by Gasteiger charge is 2.51. The van der Waals surface area contributed by atoms with Crippen molar-refractivity contribution >= 4 is 18.0 Å². The summed E-state index contributed by atoms with van der Waals surface area (Å²) >= 11 is 0. The van der Waals surface area contributed by atoms with E-state index in [4.69, 9.17) is 37.9 Å². The number of aliphatic hydroxyl groups is 6. The Labute approximate surface area is 371 Å². The molecular formula is C45H75NO17. The summed E-state index contributed by atoms with van der Waals surface area (Å²) in [5.41, 5.74) is -0.837. The largest absolute Gasteiger partial charge is 0.462 e. The fourth-order valence-electron chi connectivity index (χ4n) is 9.26. The van der Waals surface area contributed by atoms with Gasteiger partial charge in [-0.2, -0.15) is 0 Å². The lowest BCUT2D eigenvalue weighted by atomic mass is 9.79. The molecule has 4 aliphatic rings. The molecule has 0 spiro atoms. The van der Waals surface area contributed by atoms with E-state index in [9.17, 15) is 45.0 Å². The fraction of sp³-hybridized carbons (Fsp3) is 0.844. The summed E-state index contributed by atoms with van der Waals surface area (Å²) < 4.78 is 48.5. The van der Waals surface area contributed by atoms with Crippen LogP contribution < -0.4 is 0 Å². The second kappa shape index (κ2) is 23.5. The first-order valence-electron chi connectivity index (χ1n) is 22.3. The van der Waals surface area contributed by atoms with Crippen molar-refractivity contribution in [3.8, 4) is 0 Å². The average molecular weight is 902 g/mol. The number of nitrogens with zero attached hydrogens (tertiary/aromatic N) is 1. The Balaban J connectivity index is 1.62. The summed E-state index contributed by atoms with van der Waals surface area (Å²) in [7, 11) is 4.86.